The Morgan fingerprint density at radius 2 is 2.00 bits per heavy atom. The van der Waals surface area contributed by atoms with Gasteiger partial charge in [0.15, 0.2) is 0 Å². The van der Waals surface area contributed by atoms with Crippen molar-refractivity contribution in [3.05, 3.63) is 24.3 Å². The Bertz CT molecular complexity index is 338. The molecule has 0 aromatic heterocycles. The minimum Gasteiger partial charge on any atom is -0.497 e. The number of hydrogen-bond donors (Lipinski definition) is 3. The summed E-state index contributed by atoms with van der Waals surface area (Å²) in [6.45, 7) is 1.29. The van der Waals surface area contributed by atoms with Gasteiger partial charge in [0.2, 0.25) is 0 Å². The normalized spacial score (nSPS) is 9.76. The number of benzene rings is 1. The molecule has 0 fully saturated rings. The summed E-state index contributed by atoms with van der Waals surface area (Å²) in [7, 11) is 1.60. The van der Waals surface area contributed by atoms with Gasteiger partial charge in [0, 0.05) is 12.2 Å². The van der Waals surface area contributed by atoms with Gasteiger partial charge < -0.3 is 21.1 Å². The number of anilines is 1. The van der Waals surface area contributed by atoms with Crippen LogP contribution in [0.15, 0.2) is 24.3 Å². The van der Waals surface area contributed by atoms with Crippen molar-refractivity contribution >= 4 is 11.7 Å². The topological polar surface area (TPSA) is 76.4 Å². The Morgan fingerprint density at radius 1 is 1.29 bits per heavy atom. The van der Waals surface area contributed by atoms with Gasteiger partial charge in [-0.1, -0.05) is 0 Å². The first-order valence-corrected chi connectivity index (χ1v) is 5.65. The van der Waals surface area contributed by atoms with E-state index in [0.717, 1.165) is 24.3 Å². The molecular formula is C12H19N3O2. The van der Waals surface area contributed by atoms with Crippen molar-refractivity contribution in [3.8, 4) is 5.75 Å². The standard InChI is InChI=1S/C12H19N3O2/c1-17-11-6-4-10(5-7-11)15-12(16)14-9-3-2-8-13/h4-7H,2-3,8-9,13H2,1H3,(H2,14,15,16). The van der Waals surface area contributed by atoms with Crippen LogP contribution in [-0.4, -0.2) is 26.2 Å². The fourth-order valence-electron chi connectivity index (χ4n) is 1.32. The van der Waals surface area contributed by atoms with Gasteiger partial charge in [0.25, 0.3) is 0 Å². The maximum Gasteiger partial charge on any atom is 0.319 e. The SMILES string of the molecule is COc1ccc(NC(=O)NCCCCN)cc1. The molecule has 94 valence electrons. The van der Waals surface area contributed by atoms with E-state index in [0.29, 0.717) is 13.1 Å². The number of carbonyl (C=O) groups is 1. The molecule has 17 heavy (non-hydrogen) atoms. The van der Waals surface area contributed by atoms with E-state index in [1.807, 2.05) is 0 Å². The smallest absolute Gasteiger partial charge is 0.319 e. The van der Waals surface area contributed by atoms with E-state index in [-0.39, 0.29) is 6.03 Å². The van der Waals surface area contributed by atoms with Crippen molar-refractivity contribution in [2.24, 2.45) is 5.73 Å². The largest absolute Gasteiger partial charge is 0.497 e. The maximum absolute atomic E-state index is 11.4. The van der Waals surface area contributed by atoms with Crippen LogP contribution < -0.4 is 21.1 Å². The molecule has 0 saturated heterocycles. The predicted molar refractivity (Wildman–Crippen MR) is 68.3 cm³/mol. The van der Waals surface area contributed by atoms with E-state index in [1.165, 1.54) is 0 Å². The Balaban J connectivity index is 2.29. The van der Waals surface area contributed by atoms with Crippen LogP contribution in [0, 0.1) is 0 Å². The molecule has 1 aromatic carbocycles. The maximum atomic E-state index is 11.4. The number of unbranched alkanes of at least 4 members (excludes halogenated alkanes) is 1. The second-order valence-corrected chi connectivity index (χ2v) is 3.61. The molecule has 5 heteroatoms. The highest BCUT2D eigenvalue weighted by Gasteiger charge is 2.00. The Kier molecular flexibility index (Phi) is 5.88. The minimum atomic E-state index is -0.202. The van der Waals surface area contributed by atoms with Crippen molar-refractivity contribution < 1.29 is 9.53 Å². The van der Waals surface area contributed by atoms with Crippen molar-refractivity contribution in [2.75, 3.05) is 25.5 Å². The number of methoxy groups -OCH3 is 1. The number of hydrogen-bond acceptors (Lipinski definition) is 3. The quantitative estimate of drug-likeness (QED) is 0.657. The number of nitrogens with one attached hydrogen (secondary N) is 2. The lowest BCUT2D eigenvalue weighted by Crippen LogP contribution is -2.29. The molecule has 0 aliphatic carbocycles. The predicted octanol–water partition coefficient (Wildman–Crippen LogP) is 1.56. The summed E-state index contributed by atoms with van der Waals surface area (Å²) in [5, 5.41) is 5.49. The molecular weight excluding hydrogens is 218 g/mol. The third-order valence-electron chi connectivity index (χ3n) is 2.26. The zero-order chi connectivity index (χ0) is 12.5. The molecule has 0 atom stereocenters. The number of rotatable bonds is 6. The van der Waals surface area contributed by atoms with Crippen molar-refractivity contribution in [2.45, 2.75) is 12.8 Å². The van der Waals surface area contributed by atoms with Gasteiger partial charge in [-0.3, -0.25) is 0 Å². The number of ether oxygens (including phenoxy) is 1. The number of nitrogens with two attached hydrogens (primary N) is 1. The fourth-order valence-corrected chi connectivity index (χ4v) is 1.32. The van der Waals surface area contributed by atoms with Crippen molar-refractivity contribution in [1.29, 1.82) is 0 Å². The van der Waals surface area contributed by atoms with Gasteiger partial charge in [-0.15, -0.1) is 0 Å². The van der Waals surface area contributed by atoms with Crippen molar-refractivity contribution in [1.82, 2.24) is 5.32 Å². The van der Waals surface area contributed by atoms with Crippen LogP contribution in [0.1, 0.15) is 12.8 Å². The Labute approximate surface area is 101 Å². The Morgan fingerprint density at radius 3 is 2.59 bits per heavy atom. The van der Waals surface area contributed by atoms with E-state index >= 15 is 0 Å². The molecule has 0 aliphatic heterocycles. The number of carbonyl (C=O) groups excluding carboxylic acids is 1. The molecule has 0 aliphatic rings. The third kappa shape index (κ3) is 5.21. The first-order valence-electron chi connectivity index (χ1n) is 5.65. The van der Waals surface area contributed by atoms with Gasteiger partial charge in [0.05, 0.1) is 7.11 Å². The second-order valence-electron chi connectivity index (χ2n) is 3.61. The van der Waals surface area contributed by atoms with E-state index in [1.54, 1.807) is 31.4 Å². The summed E-state index contributed by atoms with van der Waals surface area (Å²) < 4.78 is 5.03. The van der Waals surface area contributed by atoms with Gasteiger partial charge in [-0.05, 0) is 43.7 Å². The van der Waals surface area contributed by atoms with Crippen LogP contribution in [0.25, 0.3) is 0 Å². The summed E-state index contributed by atoms with van der Waals surface area (Å²) in [4.78, 5) is 11.4. The molecule has 4 N–H and O–H groups in total. The molecule has 0 radical (unpaired) electrons. The summed E-state index contributed by atoms with van der Waals surface area (Å²) in [6, 6.07) is 6.97. The highest BCUT2D eigenvalue weighted by molar-refractivity contribution is 5.89. The molecule has 0 heterocycles. The minimum absolute atomic E-state index is 0.202. The lowest BCUT2D eigenvalue weighted by atomic mass is 10.3. The molecule has 5 nitrogen and oxygen atoms in total. The van der Waals surface area contributed by atoms with Crippen molar-refractivity contribution in [3.63, 3.8) is 0 Å². The fraction of sp³-hybridized carbons (Fsp3) is 0.417. The molecule has 0 spiro atoms. The van der Waals surface area contributed by atoms with E-state index in [2.05, 4.69) is 10.6 Å². The van der Waals surface area contributed by atoms with E-state index < -0.39 is 0 Å². The van der Waals surface area contributed by atoms with Crippen LogP contribution in [0.3, 0.4) is 0 Å². The van der Waals surface area contributed by atoms with E-state index in [9.17, 15) is 4.79 Å². The summed E-state index contributed by atoms with van der Waals surface area (Å²) >= 11 is 0. The average Bonchev–Trinajstić information content (AvgIpc) is 2.36. The first kappa shape index (κ1) is 13.3. The van der Waals surface area contributed by atoms with Crippen LogP contribution in [0.5, 0.6) is 5.75 Å². The lowest BCUT2D eigenvalue weighted by Gasteiger charge is -2.07. The van der Waals surface area contributed by atoms with Crippen LogP contribution in [0.2, 0.25) is 0 Å². The molecule has 1 aromatic rings. The van der Waals surface area contributed by atoms with Crippen LogP contribution >= 0.6 is 0 Å². The van der Waals surface area contributed by atoms with Crippen LogP contribution in [0.4, 0.5) is 10.5 Å². The highest BCUT2D eigenvalue weighted by Crippen LogP contribution is 2.14. The third-order valence-corrected chi connectivity index (χ3v) is 2.26. The zero-order valence-electron chi connectivity index (χ0n) is 10.0. The average molecular weight is 237 g/mol. The van der Waals surface area contributed by atoms with Gasteiger partial charge in [-0.2, -0.15) is 0 Å². The summed E-state index contributed by atoms with van der Waals surface area (Å²) in [5.74, 6) is 0.763. The number of urea groups is 1. The second kappa shape index (κ2) is 7.51. The lowest BCUT2D eigenvalue weighted by molar-refractivity contribution is 0.252. The monoisotopic (exact) mass is 237 g/mol. The molecule has 1 rings (SSSR count). The summed E-state index contributed by atoms with van der Waals surface area (Å²) in [5.41, 5.74) is 6.09. The molecule has 0 bridgehead atoms. The molecule has 0 unspecified atom stereocenters. The summed E-state index contributed by atoms with van der Waals surface area (Å²) in [6.07, 6.45) is 1.81. The van der Waals surface area contributed by atoms with Gasteiger partial charge in [0.1, 0.15) is 5.75 Å². The van der Waals surface area contributed by atoms with Gasteiger partial charge >= 0.3 is 6.03 Å². The molecule has 2 amide bonds. The highest BCUT2D eigenvalue weighted by atomic mass is 16.5. The van der Waals surface area contributed by atoms with Gasteiger partial charge in [-0.25, -0.2) is 4.79 Å². The Hall–Kier alpha value is -1.75. The van der Waals surface area contributed by atoms with Crippen LogP contribution in [-0.2, 0) is 0 Å². The first-order chi connectivity index (χ1) is 8.26. The zero-order valence-corrected chi connectivity index (χ0v) is 10.0. The van der Waals surface area contributed by atoms with E-state index in [4.69, 9.17) is 10.5 Å². The molecule has 0 saturated carbocycles. The number of amides is 2.